The average Bonchev–Trinajstić information content (AvgIpc) is 3.07. The first kappa shape index (κ1) is 11.2. The van der Waals surface area contributed by atoms with Gasteiger partial charge in [0.05, 0.1) is 9.26 Å². The van der Waals surface area contributed by atoms with Gasteiger partial charge in [-0.2, -0.15) is 0 Å². The van der Waals surface area contributed by atoms with Gasteiger partial charge in [0.1, 0.15) is 11.0 Å². The molecule has 1 aromatic rings. The summed E-state index contributed by atoms with van der Waals surface area (Å²) < 4.78 is 1.06. The average molecular weight is 349 g/mol. The van der Waals surface area contributed by atoms with Crippen molar-refractivity contribution in [2.24, 2.45) is 5.41 Å². The van der Waals surface area contributed by atoms with Crippen LogP contribution in [0.4, 0.5) is 0 Å². The fourth-order valence-electron chi connectivity index (χ4n) is 2.14. The molecule has 3 rings (SSSR count). The maximum Gasteiger partial charge on any atom is 0.146 e. The molecular formula is C12H14ClIN2. The van der Waals surface area contributed by atoms with E-state index >= 15 is 0 Å². The van der Waals surface area contributed by atoms with Crippen LogP contribution in [0.1, 0.15) is 56.5 Å². The van der Waals surface area contributed by atoms with Crippen molar-refractivity contribution in [2.45, 2.75) is 44.9 Å². The third kappa shape index (κ3) is 1.86. The Balaban J connectivity index is 2.01. The second kappa shape index (κ2) is 3.55. The second-order valence-corrected chi connectivity index (χ2v) is 7.03. The van der Waals surface area contributed by atoms with Gasteiger partial charge in [-0.05, 0) is 47.3 Å². The third-order valence-corrected chi connectivity index (χ3v) is 5.30. The van der Waals surface area contributed by atoms with Gasteiger partial charge in [0, 0.05) is 11.8 Å². The van der Waals surface area contributed by atoms with Crippen LogP contribution >= 0.6 is 34.2 Å². The second-order valence-electron chi connectivity index (χ2n) is 5.59. The third-order valence-electron chi connectivity index (χ3n) is 3.64. The van der Waals surface area contributed by atoms with Crippen LogP contribution in [0, 0.1) is 8.99 Å². The van der Waals surface area contributed by atoms with Crippen molar-refractivity contribution in [1.29, 1.82) is 0 Å². The Morgan fingerprint density at radius 2 is 1.94 bits per heavy atom. The van der Waals surface area contributed by atoms with Crippen LogP contribution in [0.5, 0.6) is 0 Å². The molecule has 2 aliphatic carbocycles. The molecule has 0 aliphatic heterocycles. The van der Waals surface area contributed by atoms with Crippen LogP contribution in [0.15, 0.2) is 0 Å². The van der Waals surface area contributed by atoms with Crippen molar-refractivity contribution >= 4 is 34.2 Å². The molecule has 0 aromatic carbocycles. The van der Waals surface area contributed by atoms with Gasteiger partial charge < -0.3 is 0 Å². The predicted molar refractivity (Wildman–Crippen MR) is 72.9 cm³/mol. The molecule has 16 heavy (non-hydrogen) atoms. The molecular weight excluding hydrogens is 335 g/mol. The molecule has 0 saturated heterocycles. The van der Waals surface area contributed by atoms with Gasteiger partial charge in [0.15, 0.2) is 0 Å². The smallest absolute Gasteiger partial charge is 0.146 e. The summed E-state index contributed by atoms with van der Waals surface area (Å²) in [5.74, 6) is 2.13. The summed E-state index contributed by atoms with van der Waals surface area (Å²) in [5.41, 5.74) is 1.56. The molecule has 0 N–H and O–H groups in total. The number of halogens is 2. The molecule has 2 fully saturated rings. The fourth-order valence-corrected chi connectivity index (χ4v) is 3.01. The highest BCUT2D eigenvalue weighted by molar-refractivity contribution is 14.1. The predicted octanol–water partition coefficient (Wildman–Crippen LogP) is 4.13. The zero-order chi connectivity index (χ0) is 11.5. The lowest BCUT2D eigenvalue weighted by Gasteiger charge is -2.08. The number of hydrogen-bond donors (Lipinski definition) is 0. The molecule has 0 bridgehead atoms. The molecule has 4 heteroatoms. The van der Waals surface area contributed by atoms with E-state index in [1.54, 1.807) is 0 Å². The molecule has 1 aromatic heterocycles. The Hall–Kier alpha value is 0.1000. The summed E-state index contributed by atoms with van der Waals surface area (Å²) in [5, 5.41) is 0.648. The molecule has 86 valence electrons. The van der Waals surface area contributed by atoms with Gasteiger partial charge in [-0.3, -0.25) is 0 Å². The zero-order valence-electron chi connectivity index (χ0n) is 9.43. The molecule has 2 aliphatic rings. The SMILES string of the molecule is CC1(C)CC1c1nc(Cl)c(I)c(C2CC2)n1. The number of aromatic nitrogens is 2. The highest BCUT2D eigenvalue weighted by atomic mass is 127. The van der Waals surface area contributed by atoms with Crippen molar-refractivity contribution in [3.63, 3.8) is 0 Å². The van der Waals surface area contributed by atoms with Crippen LogP contribution < -0.4 is 0 Å². The number of hydrogen-bond acceptors (Lipinski definition) is 2. The van der Waals surface area contributed by atoms with Gasteiger partial charge in [-0.1, -0.05) is 25.4 Å². The Labute approximate surface area is 114 Å². The zero-order valence-corrected chi connectivity index (χ0v) is 12.3. The quantitative estimate of drug-likeness (QED) is 0.593. The van der Waals surface area contributed by atoms with E-state index in [4.69, 9.17) is 16.6 Å². The van der Waals surface area contributed by atoms with Gasteiger partial charge in [0.2, 0.25) is 0 Å². The fraction of sp³-hybridized carbons (Fsp3) is 0.667. The Morgan fingerprint density at radius 3 is 2.44 bits per heavy atom. The summed E-state index contributed by atoms with van der Waals surface area (Å²) in [7, 11) is 0. The molecule has 0 amide bonds. The minimum atomic E-state index is 0.372. The van der Waals surface area contributed by atoms with E-state index in [0.717, 1.165) is 9.39 Å². The molecule has 1 heterocycles. The van der Waals surface area contributed by atoms with E-state index in [1.807, 2.05) is 0 Å². The largest absolute Gasteiger partial charge is 0.236 e. The van der Waals surface area contributed by atoms with E-state index in [2.05, 4.69) is 41.4 Å². The standard InChI is InChI=1S/C12H14ClIN2/c1-12(2)5-7(12)11-15-9(6-3-4-6)8(14)10(13)16-11/h6-7H,3-5H2,1-2H3. The highest BCUT2D eigenvalue weighted by Crippen LogP contribution is 2.58. The summed E-state index contributed by atoms with van der Waals surface area (Å²) in [6.07, 6.45) is 3.71. The summed E-state index contributed by atoms with van der Waals surface area (Å²) in [6.45, 7) is 4.54. The van der Waals surface area contributed by atoms with E-state index in [0.29, 0.717) is 22.4 Å². The van der Waals surface area contributed by atoms with Gasteiger partial charge >= 0.3 is 0 Å². The van der Waals surface area contributed by atoms with Crippen molar-refractivity contribution in [3.05, 3.63) is 20.2 Å². The minimum absolute atomic E-state index is 0.372. The lowest BCUT2D eigenvalue weighted by atomic mass is 10.1. The first-order chi connectivity index (χ1) is 7.49. The minimum Gasteiger partial charge on any atom is -0.236 e. The van der Waals surface area contributed by atoms with Crippen molar-refractivity contribution in [1.82, 2.24) is 9.97 Å². The lowest BCUT2D eigenvalue weighted by molar-refractivity contribution is 0.606. The van der Waals surface area contributed by atoms with Crippen LogP contribution in [0.3, 0.4) is 0 Å². The first-order valence-corrected chi connectivity index (χ1v) is 7.17. The summed E-state index contributed by atoms with van der Waals surface area (Å²) in [6, 6.07) is 0. The van der Waals surface area contributed by atoms with E-state index in [1.165, 1.54) is 25.0 Å². The normalized spacial score (nSPS) is 26.9. The van der Waals surface area contributed by atoms with E-state index < -0.39 is 0 Å². The highest BCUT2D eigenvalue weighted by Gasteiger charge is 2.49. The first-order valence-electron chi connectivity index (χ1n) is 5.72. The van der Waals surface area contributed by atoms with Gasteiger partial charge in [-0.25, -0.2) is 9.97 Å². The Morgan fingerprint density at radius 1 is 1.31 bits per heavy atom. The van der Waals surface area contributed by atoms with Crippen LogP contribution in [-0.4, -0.2) is 9.97 Å². The lowest BCUT2D eigenvalue weighted by Crippen LogP contribution is -2.03. The van der Waals surface area contributed by atoms with Crippen LogP contribution in [0.25, 0.3) is 0 Å². The summed E-state index contributed by atoms with van der Waals surface area (Å²) in [4.78, 5) is 9.20. The van der Waals surface area contributed by atoms with Crippen molar-refractivity contribution in [3.8, 4) is 0 Å². The van der Waals surface area contributed by atoms with Crippen molar-refractivity contribution < 1.29 is 0 Å². The molecule has 2 nitrogen and oxygen atoms in total. The van der Waals surface area contributed by atoms with E-state index in [-0.39, 0.29) is 0 Å². The molecule has 1 atom stereocenters. The Kier molecular flexibility index (Phi) is 2.48. The molecule has 2 saturated carbocycles. The molecule has 1 unspecified atom stereocenters. The van der Waals surface area contributed by atoms with Crippen LogP contribution in [-0.2, 0) is 0 Å². The van der Waals surface area contributed by atoms with E-state index in [9.17, 15) is 0 Å². The molecule has 0 radical (unpaired) electrons. The Bertz CT molecular complexity index is 455. The molecule has 0 spiro atoms. The van der Waals surface area contributed by atoms with Crippen molar-refractivity contribution in [2.75, 3.05) is 0 Å². The number of rotatable bonds is 2. The summed E-state index contributed by atoms with van der Waals surface area (Å²) >= 11 is 8.47. The maximum absolute atomic E-state index is 6.20. The number of nitrogens with zero attached hydrogens (tertiary/aromatic N) is 2. The van der Waals surface area contributed by atoms with Gasteiger partial charge in [-0.15, -0.1) is 0 Å². The topological polar surface area (TPSA) is 25.8 Å². The maximum atomic E-state index is 6.20. The van der Waals surface area contributed by atoms with Gasteiger partial charge in [0.25, 0.3) is 0 Å². The monoisotopic (exact) mass is 348 g/mol. The van der Waals surface area contributed by atoms with Crippen LogP contribution in [0.2, 0.25) is 5.15 Å².